The van der Waals surface area contributed by atoms with Crippen LogP contribution < -0.4 is 5.56 Å². The van der Waals surface area contributed by atoms with Crippen LogP contribution in [0, 0.1) is 17.1 Å². The van der Waals surface area contributed by atoms with E-state index >= 15 is 0 Å². The van der Waals surface area contributed by atoms with E-state index in [0.717, 1.165) is 10.9 Å². The van der Waals surface area contributed by atoms with E-state index in [-0.39, 0.29) is 11.4 Å². The third-order valence-corrected chi connectivity index (χ3v) is 5.13. The van der Waals surface area contributed by atoms with Gasteiger partial charge in [-0.3, -0.25) is 4.79 Å². The van der Waals surface area contributed by atoms with Crippen LogP contribution in [0.15, 0.2) is 64.7 Å². The van der Waals surface area contributed by atoms with Crippen LogP contribution in [0.4, 0.5) is 4.39 Å². The number of aromatic nitrogens is 3. The molecule has 0 aliphatic carbocycles. The quantitative estimate of drug-likeness (QED) is 0.419. The minimum atomic E-state index is -0.450. The lowest BCUT2D eigenvalue weighted by atomic mass is 10.1. The zero-order valence-electron chi connectivity index (χ0n) is 14.9. The Morgan fingerprint density at radius 1 is 1.25 bits per heavy atom. The zero-order chi connectivity index (χ0) is 19.7. The van der Waals surface area contributed by atoms with E-state index in [2.05, 4.69) is 9.97 Å². The summed E-state index contributed by atoms with van der Waals surface area (Å²) in [6.45, 7) is 0.416. The van der Waals surface area contributed by atoms with Gasteiger partial charge < -0.3 is 9.55 Å². The number of nitrogens with zero attached hydrogens (tertiary/aromatic N) is 3. The molecule has 0 amide bonds. The monoisotopic (exact) mass is 390 g/mol. The number of hydrogen-bond donors (Lipinski definition) is 1. The molecule has 7 heteroatoms. The minimum Gasteiger partial charge on any atom is -0.343 e. The molecular weight excluding hydrogens is 375 g/mol. The predicted molar refractivity (Wildman–Crippen MR) is 108 cm³/mol. The molecule has 0 saturated heterocycles. The lowest BCUT2D eigenvalue weighted by molar-refractivity contribution is 0.602. The Balaban J connectivity index is 1.79. The molecule has 0 aliphatic rings. The molecule has 0 radical (unpaired) electrons. The number of aromatic amines is 1. The average Bonchev–Trinajstić information content (AvgIpc) is 3.11. The first-order chi connectivity index (χ1) is 13.6. The number of thioether (sulfide) groups is 1. The van der Waals surface area contributed by atoms with E-state index in [1.807, 2.05) is 47.2 Å². The Labute approximate surface area is 164 Å². The number of H-pyrrole nitrogens is 1. The molecule has 2 aromatic heterocycles. The summed E-state index contributed by atoms with van der Waals surface area (Å²) < 4.78 is 15.9. The fourth-order valence-corrected chi connectivity index (χ4v) is 3.53. The number of halogens is 1. The predicted octanol–water partition coefficient (Wildman–Crippen LogP) is 4.17. The maximum absolute atomic E-state index is 14.0. The van der Waals surface area contributed by atoms with Gasteiger partial charge in [0.05, 0.1) is 12.2 Å². The van der Waals surface area contributed by atoms with Crippen molar-refractivity contribution in [1.82, 2.24) is 14.5 Å². The smallest absolute Gasteiger partial charge is 0.270 e. The number of fused-ring (bicyclic) bond motifs is 1. The Hall–Kier alpha value is -3.37. The highest BCUT2D eigenvalue weighted by atomic mass is 32.2. The molecule has 0 unspecified atom stereocenters. The number of rotatable bonds is 4. The van der Waals surface area contributed by atoms with Crippen LogP contribution in [0.25, 0.3) is 22.2 Å². The maximum Gasteiger partial charge on any atom is 0.270 e. The Morgan fingerprint density at radius 2 is 2.07 bits per heavy atom. The molecule has 0 spiro atoms. The highest BCUT2D eigenvalue weighted by Crippen LogP contribution is 2.27. The number of nitriles is 1. The van der Waals surface area contributed by atoms with E-state index in [1.165, 1.54) is 17.8 Å². The van der Waals surface area contributed by atoms with Crippen molar-refractivity contribution in [3.63, 3.8) is 0 Å². The summed E-state index contributed by atoms with van der Waals surface area (Å²) in [5.74, 6) is -0.239. The van der Waals surface area contributed by atoms with Gasteiger partial charge in [-0.15, -0.1) is 0 Å². The summed E-state index contributed by atoms with van der Waals surface area (Å²) >= 11 is 1.31. The molecule has 5 nitrogen and oxygen atoms in total. The number of hydrogen-bond acceptors (Lipinski definition) is 4. The van der Waals surface area contributed by atoms with Gasteiger partial charge in [0.1, 0.15) is 17.4 Å². The molecule has 0 saturated carbocycles. The van der Waals surface area contributed by atoms with Crippen molar-refractivity contribution < 1.29 is 4.39 Å². The Kier molecular flexibility index (Phi) is 4.72. The maximum atomic E-state index is 14.0. The Bertz CT molecular complexity index is 1290. The van der Waals surface area contributed by atoms with Crippen molar-refractivity contribution in [2.75, 3.05) is 6.26 Å². The van der Waals surface area contributed by atoms with E-state index in [4.69, 9.17) is 0 Å². The lowest BCUT2D eigenvalue weighted by Crippen LogP contribution is -2.14. The van der Waals surface area contributed by atoms with E-state index < -0.39 is 5.56 Å². The van der Waals surface area contributed by atoms with Gasteiger partial charge in [-0.1, -0.05) is 36.0 Å². The first-order valence-electron chi connectivity index (χ1n) is 8.52. The highest BCUT2D eigenvalue weighted by Gasteiger charge is 2.14. The fourth-order valence-electron chi connectivity index (χ4n) is 3.16. The normalized spacial score (nSPS) is 10.9. The second-order valence-corrected chi connectivity index (χ2v) is 7.01. The SMILES string of the molecule is CSc1nc(-c2ccc3c(ccn3Cc3ccccc3F)c2)c(C#N)c(=O)[nH]1. The second kappa shape index (κ2) is 7.33. The van der Waals surface area contributed by atoms with Crippen molar-refractivity contribution in [3.8, 4) is 17.3 Å². The van der Waals surface area contributed by atoms with E-state index in [0.29, 0.717) is 28.5 Å². The molecule has 1 N–H and O–H groups in total. The first kappa shape index (κ1) is 18.0. The molecule has 0 atom stereocenters. The summed E-state index contributed by atoms with van der Waals surface area (Å²) in [7, 11) is 0. The topological polar surface area (TPSA) is 74.5 Å². The van der Waals surface area contributed by atoms with Gasteiger partial charge in [0.25, 0.3) is 5.56 Å². The van der Waals surface area contributed by atoms with Gasteiger partial charge in [-0.25, -0.2) is 9.37 Å². The van der Waals surface area contributed by atoms with Crippen LogP contribution in [0.2, 0.25) is 0 Å². The van der Waals surface area contributed by atoms with Gasteiger partial charge in [0.2, 0.25) is 0 Å². The van der Waals surface area contributed by atoms with Crippen molar-refractivity contribution in [1.29, 1.82) is 5.26 Å². The number of nitrogens with one attached hydrogen (secondary N) is 1. The van der Waals surface area contributed by atoms with Gasteiger partial charge in [-0.2, -0.15) is 5.26 Å². The summed E-state index contributed by atoms with van der Waals surface area (Å²) in [6.07, 6.45) is 3.70. The standard InChI is InChI=1S/C21H15FN4OS/c1-28-21-24-19(16(11-23)20(27)25-21)14-6-7-18-13(10-14)8-9-26(18)12-15-4-2-3-5-17(15)22/h2-10H,12H2,1H3,(H,24,25,27). The summed E-state index contributed by atoms with van der Waals surface area (Å²) in [5, 5.41) is 10.8. The molecular formula is C21H15FN4OS. The second-order valence-electron chi connectivity index (χ2n) is 6.22. The van der Waals surface area contributed by atoms with Crippen LogP contribution in [-0.4, -0.2) is 20.8 Å². The van der Waals surface area contributed by atoms with Gasteiger partial charge in [0.15, 0.2) is 5.16 Å². The first-order valence-corrected chi connectivity index (χ1v) is 9.74. The third kappa shape index (κ3) is 3.19. The molecule has 4 aromatic rings. The van der Waals surface area contributed by atoms with E-state index in [9.17, 15) is 14.4 Å². The van der Waals surface area contributed by atoms with Crippen molar-refractivity contribution >= 4 is 22.7 Å². The average molecular weight is 390 g/mol. The van der Waals surface area contributed by atoms with Gasteiger partial charge >= 0.3 is 0 Å². The van der Waals surface area contributed by atoms with Gasteiger partial charge in [-0.05, 0) is 30.5 Å². The molecule has 0 aliphatic heterocycles. The van der Waals surface area contributed by atoms with Crippen molar-refractivity contribution in [3.05, 3.63) is 82.0 Å². The largest absolute Gasteiger partial charge is 0.343 e. The van der Waals surface area contributed by atoms with Crippen LogP contribution in [-0.2, 0) is 6.54 Å². The molecule has 2 aromatic carbocycles. The summed E-state index contributed by atoms with van der Waals surface area (Å²) in [5.41, 5.74) is 2.13. The lowest BCUT2D eigenvalue weighted by Gasteiger charge is -2.08. The molecule has 0 bridgehead atoms. The molecule has 0 fully saturated rings. The van der Waals surface area contributed by atoms with Crippen LogP contribution in [0.5, 0.6) is 0 Å². The summed E-state index contributed by atoms with van der Waals surface area (Å²) in [4.78, 5) is 19.2. The third-order valence-electron chi connectivity index (χ3n) is 4.55. The van der Waals surface area contributed by atoms with Crippen LogP contribution in [0.3, 0.4) is 0 Å². The Morgan fingerprint density at radius 3 is 2.82 bits per heavy atom. The molecule has 2 heterocycles. The summed E-state index contributed by atoms with van der Waals surface area (Å²) in [6, 6.07) is 16.2. The molecule has 138 valence electrons. The highest BCUT2D eigenvalue weighted by molar-refractivity contribution is 7.98. The number of benzene rings is 2. The van der Waals surface area contributed by atoms with Crippen molar-refractivity contribution in [2.45, 2.75) is 11.7 Å². The molecule has 28 heavy (non-hydrogen) atoms. The van der Waals surface area contributed by atoms with Gasteiger partial charge in [0, 0.05) is 28.2 Å². The van der Waals surface area contributed by atoms with Crippen molar-refractivity contribution in [2.24, 2.45) is 0 Å². The minimum absolute atomic E-state index is 0.0112. The van der Waals surface area contributed by atoms with Crippen LogP contribution >= 0.6 is 11.8 Å². The van der Waals surface area contributed by atoms with Crippen LogP contribution in [0.1, 0.15) is 11.1 Å². The molecule has 4 rings (SSSR count). The zero-order valence-corrected chi connectivity index (χ0v) is 15.8. The fraction of sp³-hybridized carbons (Fsp3) is 0.0952. The van der Waals surface area contributed by atoms with E-state index in [1.54, 1.807) is 18.4 Å².